The Bertz CT molecular complexity index is 570. The van der Waals surface area contributed by atoms with Gasteiger partial charge in [0.25, 0.3) is 0 Å². The standard InChI is InChI=1S/C20H33BO5/c1-15(2)13-23-10-11-24-14-16-12-17(22-7)8-9-18(16)21-25-19(3,4)20(5,6)26-21/h8-9,12,15H,10-11,13-14H2,1-7H3. The van der Waals surface area contributed by atoms with E-state index in [9.17, 15) is 0 Å². The Balaban J connectivity index is 2.03. The first-order valence-electron chi connectivity index (χ1n) is 9.34. The van der Waals surface area contributed by atoms with Gasteiger partial charge >= 0.3 is 7.12 Å². The maximum absolute atomic E-state index is 6.19. The smallest absolute Gasteiger partial charge is 0.495 e. The lowest BCUT2D eigenvalue weighted by atomic mass is 9.76. The number of rotatable bonds is 9. The van der Waals surface area contributed by atoms with Gasteiger partial charge in [0, 0.05) is 6.61 Å². The molecule has 1 heterocycles. The minimum absolute atomic E-state index is 0.375. The fourth-order valence-corrected chi connectivity index (χ4v) is 2.65. The summed E-state index contributed by atoms with van der Waals surface area (Å²) in [5, 5.41) is 0. The van der Waals surface area contributed by atoms with Crippen molar-refractivity contribution < 1.29 is 23.5 Å². The van der Waals surface area contributed by atoms with Crippen molar-refractivity contribution in [3.05, 3.63) is 23.8 Å². The molecule has 26 heavy (non-hydrogen) atoms. The minimum atomic E-state index is -0.415. The molecule has 0 spiro atoms. The lowest BCUT2D eigenvalue weighted by Gasteiger charge is -2.32. The van der Waals surface area contributed by atoms with Gasteiger partial charge in [-0.25, -0.2) is 0 Å². The van der Waals surface area contributed by atoms with Gasteiger partial charge in [-0.3, -0.25) is 0 Å². The fraction of sp³-hybridized carbons (Fsp3) is 0.700. The average Bonchev–Trinajstić information content (AvgIpc) is 2.78. The first-order valence-corrected chi connectivity index (χ1v) is 9.34. The molecular weight excluding hydrogens is 331 g/mol. The molecule has 5 nitrogen and oxygen atoms in total. The van der Waals surface area contributed by atoms with Crippen molar-refractivity contribution in [2.24, 2.45) is 5.92 Å². The van der Waals surface area contributed by atoms with E-state index in [2.05, 4.69) is 41.5 Å². The lowest BCUT2D eigenvalue weighted by molar-refractivity contribution is 0.00578. The summed E-state index contributed by atoms with van der Waals surface area (Å²) in [7, 11) is 1.25. The van der Waals surface area contributed by atoms with E-state index in [1.165, 1.54) is 0 Å². The minimum Gasteiger partial charge on any atom is -0.497 e. The number of methoxy groups -OCH3 is 1. The SMILES string of the molecule is COc1ccc(B2OC(C)(C)C(C)(C)O2)c(COCCOCC(C)C)c1. The van der Waals surface area contributed by atoms with Crippen molar-refractivity contribution in [3.63, 3.8) is 0 Å². The summed E-state index contributed by atoms with van der Waals surface area (Å²) in [6, 6.07) is 5.90. The zero-order valence-corrected chi connectivity index (χ0v) is 17.3. The van der Waals surface area contributed by atoms with Crippen molar-refractivity contribution in [3.8, 4) is 5.75 Å². The van der Waals surface area contributed by atoms with Crippen LogP contribution in [0.2, 0.25) is 0 Å². The van der Waals surface area contributed by atoms with Crippen LogP contribution >= 0.6 is 0 Å². The highest BCUT2D eigenvalue weighted by molar-refractivity contribution is 6.62. The van der Waals surface area contributed by atoms with E-state index >= 15 is 0 Å². The molecule has 1 aromatic carbocycles. The fourth-order valence-electron chi connectivity index (χ4n) is 2.65. The van der Waals surface area contributed by atoms with Crippen LogP contribution in [-0.4, -0.2) is 45.3 Å². The quantitative estimate of drug-likeness (QED) is 0.498. The summed E-state index contributed by atoms with van der Waals surface area (Å²) < 4.78 is 29.1. The third-order valence-electron chi connectivity index (χ3n) is 4.94. The maximum Gasteiger partial charge on any atom is 0.495 e. The molecule has 1 fully saturated rings. The topological polar surface area (TPSA) is 46.2 Å². The van der Waals surface area contributed by atoms with E-state index in [4.69, 9.17) is 23.5 Å². The second-order valence-electron chi connectivity index (χ2n) is 8.17. The number of benzene rings is 1. The molecule has 0 amide bonds. The van der Waals surface area contributed by atoms with Gasteiger partial charge in [0.05, 0.1) is 38.1 Å². The van der Waals surface area contributed by atoms with Gasteiger partial charge < -0.3 is 23.5 Å². The molecule has 1 aliphatic heterocycles. The monoisotopic (exact) mass is 364 g/mol. The molecule has 0 bridgehead atoms. The average molecular weight is 364 g/mol. The van der Waals surface area contributed by atoms with Gasteiger partial charge in [-0.2, -0.15) is 0 Å². The van der Waals surface area contributed by atoms with Gasteiger partial charge in [0.15, 0.2) is 0 Å². The van der Waals surface area contributed by atoms with Crippen molar-refractivity contribution in [1.29, 1.82) is 0 Å². The van der Waals surface area contributed by atoms with Crippen LogP contribution in [0.4, 0.5) is 0 Å². The molecule has 0 saturated carbocycles. The van der Waals surface area contributed by atoms with Crippen molar-refractivity contribution in [1.82, 2.24) is 0 Å². The van der Waals surface area contributed by atoms with Gasteiger partial charge in [-0.1, -0.05) is 19.9 Å². The highest BCUT2D eigenvalue weighted by Crippen LogP contribution is 2.36. The van der Waals surface area contributed by atoms with Crippen LogP contribution in [0.15, 0.2) is 18.2 Å². The molecule has 0 unspecified atom stereocenters. The van der Waals surface area contributed by atoms with Crippen LogP contribution in [0.5, 0.6) is 5.75 Å². The van der Waals surface area contributed by atoms with E-state index in [-0.39, 0.29) is 11.2 Å². The predicted octanol–water partition coefficient (Wildman–Crippen LogP) is 3.18. The molecule has 0 aromatic heterocycles. The maximum atomic E-state index is 6.19. The Kier molecular flexibility index (Phi) is 7.14. The molecular formula is C20H33BO5. The highest BCUT2D eigenvalue weighted by Gasteiger charge is 2.52. The number of ether oxygens (including phenoxy) is 3. The first kappa shape index (κ1) is 21.2. The third-order valence-corrected chi connectivity index (χ3v) is 4.94. The molecule has 1 aromatic rings. The van der Waals surface area contributed by atoms with Crippen molar-refractivity contribution in [2.45, 2.75) is 59.4 Å². The van der Waals surface area contributed by atoms with E-state index < -0.39 is 7.12 Å². The summed E-state index contributed by atoms with van der Waals surface area (Å²) in [6.07, 6.45) is 0. The molecule has 1 aliphatic rings. The molecule has 2 rings (SSSR count). The van der Waals surface area contributed by atoms with Crippen LogP contribution < -0.4 is 10.2 Å². The molecule has 1 saturated heterocycles. The second kappa shape index (κ2) is 8.74. The zero-order valence-electron chi connectivity index (χ0n) is 17.3. The Morgan fingerprint density at radius 2 is 1.62 bits per heavy atom. The van der Waals surface area contributed by atoms with Crippen LogP contribution in [-0.2, 0) is 25.4 Å². The van der Waals surface area contributed by atoms with E-state index in [0.29, 0.717) is 25.7 Å². The van der Waals surface area contributed by atoms with Gasteiger partial charge in [-0.15, -0.1) is 0 Å². The Morgan fingerprint density at radius 3 is 2.19 bits per heavy atom. The van der Waals surface area contributed by atoms with Crippen molar-refractivity contribution >= 4 is 12.6 Å². The van der Waals surface area contributed by atoms with Crippen LogP contribution in [0.25, 0.3) is 0 Å². The summed E-state index contributed by atoms with van der Waals surface area (Å²) in [5.41, 5.74) is 1.24. The molecule has 0 radical (unpaired) electrons. The number of hydrogen-bond acceptors (Lipinski definition) is 5. The van der Waals surface area contributed by atoms with E-state index in [0.717, 1.165) is 23.4 Å². The normalized spacial score (nSPS) is 18.5. The van der Waals surface area contributed by atoms with Gasteiger partial charge in [-0.05, 0) is 56.8 Å². The molecule has 6 heteroatoms. The van der Waals surface area contributed by atoms with Crippen LogP contribution in [0, 0.1) is 5.92 Å². The van der Waals surface area contributed by atoms with Crippen molar-refractivity contribution in [2.75, 3.05) is 26.9 Å². The summed E-state index contributed by atoms with van der Waals surface area (Å²) in [5.74, 6) is 1.32. The second-order valence-corrected chi connectivity index (χ2v) is 8.17. The lowest BCUT2D eigenvalue weighted by Crippen LogP contribution is -2.41. The van der Waals surface area contributed by atoms with E-state index in [1.54, 1.807) is 7.11 Å². The molecule has 0 atom stereocenters. The van der Waals surface area contributed by atoms with Crippen LogP contribution in [0.1, 0.15) is 47.1 Å². The Hall–Kier alpha value is -1.08. The largest absolute Gasteiger partial charge is 0.497 e. The van der Waals surface area contributed by atoms with Gasteiger partial charge in [0.2, 0.25) is 0 Å². The number of hydrogen-bond donors (Lipinski definition) is 0. The Labute approximate surface area is 158 Å². The summed E-state index contributed by atoms with van der Waals surface area (Å²) in [6.45, 7) is 14.8. The molecule has 0 aliphatic carbocycles. The summed E-state index contributed by atoms with van der Waals surface area (Å²) in [4.78, 5) is 0. The van der Waals surface area contributed by atoms with Crippen LogP contribution in [0.3, 0.4) is 0 Å². The summed E-state index contributed by atoms with van der Waals surface area (Å²) >= 11 is 0. The van der Waals surface area contributed by atoms with E-state index in [1.807, 2.05) is 18.2 Å². The molecule has 0 N–H and O–H groups in total. The highest BCUT2D eigenvalue weighted by atomic mass is 16.7. The first-order chi connectivity index (χ1) is 12.2. The predicted molar refractivity (Wildman–Crippen MR) is 104 cm³/mol. The zero-order chi connectivity index (χ0) is 19.4. The molecule has 146 valence electrons. The Morgan fingerprint density at radius 1 is 1.00 bits per heavy atom. The third kappa shape index (κ3) is 5.23. The van der Waals surface area contributed by atoms with Gasteiger partial charge in [0.1, 0.15) is 5.75 Å².